The Balaban J connectivity index is 2.44. The van der Waals surface area contributed by atoms with Gasteiger partial charge in [-0.15, -0.1) is 0 Å². The fourth-order valence-corrected chi connectivity index (χ4v) is 0.533. The molecule has 1 rings (SSSR count). The van der Waals surface area contributed by atoms with Gasteiger partial charge in [0, 0.05) is 0 Å². The van der Waals surface area contributed by atoms with Gasteiger partial charge in [0.25, 0.3) is 0 Å². The van der Waals surface area contributed by atoms with E-state index in [0.29, 0.717) is 0 Å². The zero-order valence-corrected chi connectivity index (χ0v) is 5.13. The van der Waals surface area contributed by atoms with E-state index in [1.54, 1.807) is 12.5 Å². The van der Waals surface area contributed by atoms with E-state index >= 15 is 0 Å². The summed E-state index contributed by atoms with van der Waals surface area (Å²) in [5.41, 5.74) is 0. The third-order valence-corrected chi connectivity index (χ3v) is 1.30. The highest BCUT2D eigenvalue weighted by atomic mass is 16.6. The van der Waals surface area contributed by atoms with Gasteiger partial charge in [0.1, 0.15) is 24.7 Å². The van der Waals surface area contributed by atoms with Crippen molar-refractivity contribution in [3.63, 3.8) is 0 Å². The van der Waals surface area contributed by atoms with Crippen LogP contribution in [0.25, 0.3) is 0 Å². The molecule has 0 saturated heterocycles. The standard InChI is InChI=1S/C6H10O2/c1-5-6(2)8-4-3-7-5/h3-6H,1-2H3. The highest BCUT2D eigenvalue weighted by molar-refractivity contribution is 4.75. The molecule has 0 fully saturated rings. The van der Waals surface area contributed by atoms with Gasteiger partial charge in [-0.05, 0) is 13.8 Å². The highest BCUT2D eigenvalue weighted by Gasteiger charge is 2.14. The molecule has 2 unspecified atom stereocenters. The second-order valence-corrected chi connectivity index (χ2v) is 1.95. The molecule has 0 aromatic heterocycles. The third kappa shape index (κ3) is 0.941. The van der Waals surface area contributed by atoms with E-state index in [1.807, 2.05) is 13.8 Å². The van der Waals surface area contributed by atoms with Crippen molar-refractivity contribution < 1.29 is 9.47 Å². The van der Waals surface area contributed by atoms with Crippen LogP contribution >= 0.6 is 0 Å². The van der Waals surface area contributed by atoms with Crippen molar-refractivity contribution in [2.75, 3.05) is 0 Å². The van der Waals surface area contributed by atoms with Gasteiger partial charge in [-0.2, -0.15) is 0 Å². The molecule has 0 amide bonds. The molecule has 46 valence electrons. The monoisotopic (exact) mass is 114 g/mol. The van der Waals surface area contributed by atoms with Crippen molar-refractivity contribution >= 4 is 0 Å². The Morgan fingerprint density at radius 3 is 1.62 bits per heavy atom. The quantitative estimate of drug-likeness (QED) is 0.472. The first-order valence-corrected chi connectivity index (χ1v) is 2.76. The largest absolute Gasteiger partial charge is 0.491 e. The summed E-state index contributed by atoms with van der Waals surface area (Å²) in [7, 11) is 0. The molecule has 8 heavy (non-hydrogen) atoms. The number of rotatable bonds is 0. The maximum absolute atomic E-state index is 5.08. The van der Waals surface area contributed by atoms with Gasteiger partial charge in [-0.1, -0.05) is 0 Å². The summed E-state index contributed by atoms with van der Waals surface area (Å²) in [4.78, 5) is 0. The van der Waals surface area contributed by atoms with E-state index in [1.165, 1.54) is 0 Å². The lowest BCUT2D eigenvalue weighted by molar-refractivity contribution is -0.0118. The van der Waals surface area contributed by atoms with Gasteiger partial charge >= 0.3 is 0 Å². The van der Waals surface area contributed by atoms with Crippen LogP contribution < -0.4 is 0 Å². The van der Waals surface area contributed by atoms with E-state index in [4.69, 9.17) is 9.47 Å². The normalized spacial score (nSPS) is 35.8. The SMILES string of the molecule is CC1OC=COC1C. The second-order valence-electron chi connectivity index (χ2n) is 1.95. The van der Waals surface area contributed by atoms with Crippen molar-refractivity contribution in [1.29, 1.82) is 0 Å². The molecule has 1 aliphatic rings. The molecule has 0 aromatic rings. The van der Waals surface area contributed by atoms with Crippen LogP contribution in [0.4, 0.5) is 0 Å². The number of ether oxygens (including phenoxy) is 2. The van der Waals surface area contributed by atoms with E-state index in [2.05, 4.69) is 0 Å². The minimum Gasteiger partial charge on any atom is -0.491 e. The predicted octanol–water partition coefficient (Wildman–Crippen LogP) is 1.28. The zero-order chi connectivity index (χ0) is 5.98. The molecule has 0 spiro atoms. The Morgan fingerprint density at radius 2 is 1.38 bits per heavy atom. The van der Waals surface area contributed by atoms with Crippen molar-refractivity contribution in [2.45, 2.75) is 26.1 Å². The first-order chi connectivity index (χ1) is 3.80. The molecule has 0 radical (unpaired) electrons. The summed E-state index contributed by atoms with van der Waals surface area (Å²) < 4.78 is 10.2. The van der Waals surface area contributed by atoms with Crippen LogP contribution in [-0.2, 0) is 9.47 Å². The minimum atomic E-state index is 0.194. The highest BCUT2D eigenvalue weighted by Crippen LogP contribution is 2.08. The Hall–Kier alpha value is -0.660. The van der Waals surface area contributed by atoms with E-state index in [-0.39, 0.29) is 12.2 Å². The Labute approximate surface area is 49.1 Å². The molecule has 2 nitrogen and oxygen atoms in total. The predicted molar refractivity (Wildman–Crippen MR) is 30.2 cm³/mol. The summed E-state index contributed by atoms with van der Waals surface area (Å²) in [5.74, 6) is 0. The molecule has 0 aliphatic carbocycles. The molecule has 2 heteroatoms. The molecule has 0 aromatic carbocycles. The van der Waals surface area contributed by atoms with Crippen molar-refractivity contribution in [3.05, 3.63) is 12.5 Å². The van der Waals surface area contributed by atoms with Gasteiger partial charge in [-0.3, -0.25) is 0 Å². The molecule has 2 atom stereocenters. The Bertz CT molecular complexity index is 86.7. The minimum absolute atomic E-state index is 0.194. The number of hydrogen-bond donors (Lipinski definition) is 0. The molecule has 1 heterocycles. The van der Waals surface area contributed by atoms with Crippen LogP contribution in [0, 0.1) is 0 Å². The summed E-state index contributed by atoms with van der Waals surface area (Å²) in [6.07, 6.45) is 3.54. The van der Waals surface area contributed by atoms with Gasteiger partial charge in [0.05, 0.1) is 0 Å². The van der Waals surface area contributed by atoms with Crippen LogP contribution in [0.15, 0.2) is 12.5 Å². The molecular weight excluding hydrogens is 104 g/mol. The van der Waals surface area contributed by atoms with Crippen molar-refractivity contribution in [2.24, 2.45) is 0 Å². The molecule has 0 saturated carbocycles. The van der Waals surface area contributed by atoms with Crippen LogP contribution in [0.5, 0.6) is 0 Å². The summed E-state index contributed by atoms with van der Waals surface area (Å²) in [6.45, 7) is 3.96. The van der Waals surface area contributed by atoms with Gasteiger partial charge in [0.15, 0.2) is 0 Å². The average Bonchev–Trinajstić information content (AvgIpc) is 1.77. The Kier molecular flexibility index (Phi) is 1.42. The lowest BCUT2D eigenvalue weighted by atomic mass is 10.2. The fourth-order valence-electron chi connectivity index (χ4n) is 0.533. The number of hydrogen-bond acceptors (Lipinski definition) is 2. The first kappa shape index (κ1) is 5.48. The lowest BCUT2D eigenvalue weighted by Crippen LogP contribution is -2.25. The van der Waals surface area contributed by atoms with E-state index in [9.17, 15) is 0 Å². The van der Waals surface area contributed by atoms with Crippen LogP contribution in [-0.4, -0.2) is 12.2 Å². The maximum atomic E-state index is 5.08. The smallest absolute Gasteiger partial charge is 0.132 e. The molecule has 0 bridgehead atoms. The van der Waals surface area contributed by atoms with Crippen molar-refractivity contribution in [3.8, 4) is 0 Å². The average molecular weight is 114 g/mol. The van der Waals surface area contributed by atoms with Crippen LogP contribution in [0.3, 0.4) is 0 Å². The van der Waals surface area contributed by atoms with Gasteiger partial charge in [0.2, 0.25) is 0 Å². The summed E-state index contributed by atoms with van der Waals surface area (Å²) in [6, 6.07) is 0. The summed E-state index contributed by atoms with van der Waals surface area (Å²) in [5, 5.41) is 0. The third-order valence-electron chi connectivity index (χ3n) is 1.30. The zero-order valence-electron chi connectivity index (χ0n) is 5.13. The van der Waals surface area contributed by atoms with Gasteiger partial charge < -0.3 is 9.47 Å². The molecule has 0 N–H and O–H groups in total. The van der Waals surface area contributed by atoms with E-state index in [0.717, 1.165) is 0 Å². The van der Waals surface area contributed by atoms with E-state index < -0.39 is 0 Å². The first-order valence-electron chi connectivity index (χ1n) is 2.76. The second kappa shape index (κ2) is 2.07. The van der Waals surface area contributed by atoms with Gasteiger partial charge in [-0.25, -0.2) is 0 Å². The fraction of sp³-hybridized carbons (Fsp3) is 0.667. The van der Waals surface area contributed by atoms with Crippen LogP contribution in [0.2, 0.25) is 0 Å². The molecule has 1 aliphatic heterocycles. The molecular formula is C6H10O2. The summed E-state index contributed by atoms with van der Waals surface area (Å²) >= 11 is 0. The van der Waals surface area contributed by atoms with Crippen LogP contribution in [0.1, 0.15) is 13.8 Å². The topological polar surface area (TPSA) is 18.5 Å². The lowest BCUT2D eigenvalue weighted by Gasteiger charge is -2.22. The Morgan fingerprint density at radius 1 is 1.00 bits per heavy atom. The maximum Gasteiger partial charge on any atom is 0.132 e. The van der Waals surface area contributed by atoms with Crippen molar-refractivity contribution in [1.82, 2.24) is 0 Å².